The van der Waals surface area contributed by atoms with E-state index in [1.165, 1.54) is 17.1 Å². The maximum absolute atomic E-state index is 5.11. The van der Waals surface area contributed by atoms with Gasteiger partial charge < -0.3 is 14.6 Å². The van der Waals surface area contributed by atoms with Gasteiger partial charge in [0.25, 0.3) is 0 Å². The summed E-state index contributed by atoms with van der Waals surface area (Å²) in [6.45, 7) is 4.75. The van der Waals surface area contributed by atoms with E-state index in [-0.39, 0.29) is 0 Å². The topological polar surface area (TPSA) is 66.9 Å². The summed E-state index contributed by atoms with van der Waals surface area (Å²) in [5.41, 5.74) is 3.44. The van der Waals surface area contributed by atoms with Crippen LogP contribution < -0.4 is 4.90 Å². The number of rotatable bonds is 5. The van der Waals surface area contributed by atoms with E-state index in [1.54, 1.807) is 7.11 Å². The number of imidazole rings is 1. The van der Waals surface area contributed by atoms with Crippen molar-refractivity contribution in [3.63, 3.8) is 0 Å². The van der Waals surface area contributed by atoms with Crippen molar-refractivity contribution < 1.29 is 4.74 Å². The monoisotopic (exact) mass is 357 g/mol. The van der Waals surface area contributed by atoms with Crippen LogP contribution in [0.3, 0.4) is 0 Å². The minimum Gasteiger partial charge on any atom is -0.384 e. The molecule has 2 aromatic heterocycles. The van der Waals surface area contributed by atoms with Gasteiger partial charge in [-0.2, -0.15) is 4.37 Å². The molecule has 0 saturated carbocycles. The van der Waals surface area contributed by atoms with E-state index >= 15 is 0 Å². The van der Waals surface area contributed by atoms with Crippen molar-refractivity contribution in [2.75, 3.05) is 31.7 Å². The zero-order chi connectivity index (χ0) is 17.2. The fourth-order valence-electron chi connectivity index (χ4n) is 3.38. The van der Waals surface area contributed by atoms with Crippen molar-refractivity contribution in [1.82, 2.24) is 19.3 Å². The minimum absolute atomic E-state index is 0.410. The van der Waals surface area contributed by atoms with Gasteiger partial charge in [0.05, 0.1) is 17.6 Å². The van der Waals surface area contributed by atoms with E-state index in [0.717, 1.165) is 60.2 Å². The lowest BCUT2D eigenvalue weighted by atomic mass is 9.98. The summed E-state index contributed by atoms with van der Waals surface area (Å²) in [5, 5.41) is 1.02. The van der Waals surface area contributed by atoms with Crippen LogP contribution in [0, 0.1) is 6.92 Å². The lowest BCUT2D eigenvalue weighted by Gasteiger charge is -2.31. The number of aromatic amines is 1. The van der Waals surface area contributed by atoms with E-state index < -0.39 is 0 Å². The Kier molecular flexibility index (Phi) is 4.67. The van der Waals surface area contributed by atoms with Gasteiger partial charge in [-0.1, -0.05) is 6.07 Å². The Balaban J connectivity index is 1.50. The molecule has 132 valence electrons. The van der Waals surface area contributed by atoms with Crippen LogP contribution in [0.25, 0.3) is 11.0 Å². The molecule has 0 radical (unpaired) electrons. The van der Waals surface area contributed by atoms with Gasteiger partial charge in [0.2, 0.25) is 5.13 Å². The van der Waals surface area contributed by atoms with Crippen LogP contribution in [0.15, 0.2) is 18.2 Å². The number of benzene rings is 1. The van der Waals surface area contributed by atoms with E-state index in [0.29, 0.717) is 12.5 Å². The normalized spacial score (nSPS) is 18.2. The highest BCUT2D eigenvalue weighted by atomic mass is 32.1. The highest BCUT2D eigenvalue weighted by Crippen LogP contribution is 2.30. The summed E-state index contributed by atoms with van der Waals surface area (Å²) in [6.07, 6.45) is 3.07. The molecule has 0 bridgehead atoms. The molecule has 6 nitrogen and oxygen atoms in total. The van der Waals surface area contributed by atoms with Crippen LogP contribution >= 0.6 is 11.5 Å². The number of H-pyrrole nitrogens is 1. The molecule has 0 amide bonds. The number of aryl methyl sites for hydroxylation is 1. The van der Waals surface area contributed by atoms with Crippen LogP contribution in [0.4, 0.5) is 5.13 Å². The number of ether oxygens (including phenoxy) is 1. The van der Waals surface area contributed by atoms with Crippen LogP contribution in [0.2, 0.25) is 0 Å². The van der Waals surface area contributed by atoms with Gasteiger partial charge in [0.15, 0.2) is 0 Å². The van der Waals surface area contributed by atoms with Gasteiger partial charge in [-0.15, -0.1) is 0 Å². The number of piperidine rings is 1. The molecule has 1 aliphatic heterocycles. The molecular formula is C18H23N5OS. The Morgan fingerprint density at radius 1 is 1.36 bits per heavy atom. The average molecular weight is 357 g/mol. The van der Waals surface area contributed by atoms with Gasteiger partial charge in [0, 0.05) is 44.1 Å². The number of aromatic nitrogens is 4. The molecule has 7 heteroatoms. The number of nitrogens with zero attached hydrogens (tertiary/aromatic N) is 4. The molecular weight excluding hydrogens is 334 g/mol. The Hall–Kier alpha value is -1.99. The Bertz CT molecular complexity index is 858. The average Bonchev–Trinajstić information content (AvgIpc) is 3.26. The first-order valence-corrected chi connectivity index (χ1v) is 9.53. The zero-order valence-electron chi connectivity index (χ0n) is 14.7. The minimum atomic E-state index is 0.410. The molecule has 1 fully saturated rings. The van der Waals surface area contributed by atoms with Crippen LogP contribution in [0.5, 0.6) is 0 Å². The molecule has 3 aromatic rings. The molecule has 1 atom stereocenters. The summed E-state index contributed by atoms with van der Waals surface area (Å²) in [5.74, 6) is 2.38. The van der Waals surface area contributed by atoms with E-state index in [1.807, 2.05) is 0 Å². The zero-order valence-corrected chi connectivity index (χ0v) is 15.5. The summed E-state index contributed by atoms with van der Waals surface area (Å²) in [4.78, 5) is 15.4. The standard InChI is InChI=1S/C18H23N5OS/c1-12-5-6-14-15(10-12)20-17(19-14)13-4-3-8-23(11-13)18-21-16(22-25-18)7-9-24-2/h5-6,10,13H,3-4,7-9,11H2,1-2H3,(H,19,20). The van der Waals surface area contributed by atoms with Crippen molar-refractivity contribution >= 4 is 27.7 Å². The van der Waals surface area contributed by atoms with Crippen molar-refractivity contribution in [2.24, 2.45) is 0 Å². The van der Waals surface area contributed by atoms with Gasteiger partial charge in [-0.25, -0.2) is 9.97 Å². The Morgan fingerprint density at radius 3 is 3.16 bits per heavy atom. The first kappa shape index (κ1) is 16.5. The summed E-state index contributed by atoms with van der Waals surface area (Å²) in [7, 11) is 1.71. The third kappa shape index (κ3) is 3.52. The molecule has 1 unspecified atom stereocenters. The van der Waals surface area contributed by atoms with Gasteiger partial charge in [0.1, 0.15) is 11.6 Å². The second-order valence-electron chi connectivity index (χ2n) is 6.66. The third-order valence-electron chi connectivity index (χ3n) is 4.72. The fraction of sp³-hybridized carbons (Fsp3) is 0.500. The molecule has 25 heavy (non-hydrogen) atoms. The third-order valence-corrected chi connectivity index (χ3v) is 5.54. The SMILES string of the molecule is COCCc1nsc(N2CCCC(c3nc4ccc(C)cc4[nH]3)C2)n1. The Labute approximate surface area is 151 Å². The highest BCUT2D eigenvalue weighted by molar-refractivity contribution is 7.09. The molecule has 0 spiro atoms. The molecule has 1 saturated heterocycles. The lowest BCUT2D eigenvalue weighted by Crippen LogP contribution is -2.34. The molecule has 3 heterocycles. The van der Waals surface area contributed by atoms with Crippen LogP contribution in [-0.2, 0) is 11.2 Å². The maximum Gasteiger partial charge on any atom is 0.205 e. The predicted octanol–water partition coefficient (Wildman–Crippen LogP) is 3.30. The second-order valence-corrected chi connectivity index (χ2v) is 7.39. The largest absolute Gasteiger partial charge is 0.384 e. The van der Waals surface area contributed by atoms with Gasteiger partial charge in [-0.3, -0.25) is 0 Å². The number of anilines is 1. The Morgan fingerprint density at radius 2 is 2.28 bits per heavy atom. The summed E-state index contributed by atoms with van der Waals surface area (Å²) < 4.78 is 9.57. The fourth-order valence-corrected chi connectivity index (χ4v) is 4.13. The van der Waals surface area contributed by atoms with Crippen molar-refractivity contribution in [3.05, 3.63) is 35.4 Å². The number of nitrogens with one attached hydrogen (secondary N) is 1. The quantitative estimate of drug-likeness (QED) is 0.759. The number of fused-ring (bicyclic) bond motifs is 1. The first-order chi connectivity index (χ1) is 12.2. The van der Waals surface area contributed by atoms with Gasteiger partial charge in [-0.05, 0) is 37.5 Å². The van der Waals surface area contributed by atoms with E-state index in [9.17, 15) is 0 Å². The lowest BCUT2D eigenvalue weighted by molar-refractivity contribution is 0.201. The van der Waals surface area contributed by atoms with Crippen molar-refractivity contribution in [2.45, 2.75) is 32.1 Å². The first-order valence-electron chi connectivity index (χ1n) is 8.75. The smallest absolute Gasteiger partial charge is 0.205 e. The van der Waals surface area contributed by atoms with Gasteiger partial charge >= 0.3 is 0 Å². The van der Waals surface area contributed by atoms with Crippen LogP contribution in [0.1, 0.15) is 36.0 Å². The molecule has 1 aromatic carbocycles. The van der Waals surface area contributed by atoms with Crippen molar-refractivity contribution in [1.29, 1.82) is 0 Å². The second kappa shape index (κ2) is 7.09. The predicted molar refractivity (Wildman–Crippen MR) is 101 cm³/mol. The summed E-state index contributed by atoms with van der Waals surface area (Å²) >= 11 is 1.49. The maximum atomic E-state index is 5.11. The number of hydrogen-bond acceptors (Lipinski definition) is 6. The van der Waals surface area contributed by atoms with Crippen LogP contribution in [-0.4, -0.2) is 46.1 Å². The highest BCUT2D eigenvalue weighted by Gasteiger charge is 2.26. The molecule has 1 aliphatic rings. The van der Waals surface area contributed by atoms with E-state index in [2.05, 4.69) is 44.4 Å². The molecule has 1 N–H and O–H groups in total. The number of hydrogen-bond donors (Lipinski definition) is 1. The van der Waals surface area contributed by atoms with E-state index in [4.69, 9.17) is 9.72 Å². The van der Waals surface area contributed by atoms with Crippen molar-refractivity contribution in [3.8, 4) is 0 Å². The summed E-state index contributed by atoms with van der Waals surface area (Å²) in [6, 6.07) is 6.38. The molecule has 0 aliphatic carbocycles. The molecule has 4 rings (SSSR count). The number of methoxy groups -OCH3 is 1.